The number of benzene rings is 1. The maximum absolute atomic E-state index is 11.4. The van der Waals surface area contributed by atoms with Gasteiger partial charge in [-0.1, -0.05) is 11.6 Å². The van der Waals surface area contributed by atoms with Gasteiger partial charge in [-0.15, -0.1) is 10.2 Å². The first-order valence-electron chi connectivity index (χ1n) is 5.92. The topological polar surface area (TPSA) is 102 Å². The number of amides is 1. The highest BCUT2D eigenvalue weighted by Gasteiger charge is 2.12. The maximum atomic E-state index is 11.4. The highest BCUT2D eigenvalue weighted by Crippen LogP contribution is 2.20. The van der Waals surface area contributed by atoms with E-state index in [1.54, 1.807) is 24.3 Å². The van der Waals surface area contributed by atoms with Crippen LogP contribution in [0.5, 0.6) is 0 Å². The molecule has 0 atom stereocenters. The lowest BCUT2D eigenvalue weighted by molar-refractivity contribution is -0.119. The Balaban J connectivity index is 1.97. The molecule has 1 heterocycles. The molecule has 9 heteroatoms. The van der Waals surface area contributed by atoms with Gasteiger partial charge in [0, 0.05) is 23.4 Å². The molecule has 2 rings (SSSR count). The first-order chi connectivity index (χ1) is 9.83. The average Bonchev–Trinajstić information content (AvgIpc) is 2.84. The number of carbonyl (C=O) groups excluding carboxylic acids is 1. The van der Waals surface area contributed by atoms with Gasteiger partial charge in [0.2, 0.25) is 27.7 Å². The Morgan fingerprint density at radius 2 is 1.95 bits per heavy atom. The molecular weight excluding hydrogens is 318 g/mol. The van der Waals surface area contributed by atoms with Crippen molar-refractivity contribution in [3.8, 4) is 11.5 Å². The zero-order valence-corrected chi connectivity index (χ0v) is 12.6. The summed E-state index contributed by atoms with van der Waals surface area (Å²) in [5.41, 5.74) is 0.707. The molecule has 0 aliphatic heterocycles. The number of aryl methyl sites for hydroxylation is 1. The number of sulfonamides is 1. The number of nitrogens with zero attached hydrogens (tertiary/aromatic N) is 2. The van der Waals surface area contributed by atoms with Gasteiger partial charge in [-0.05, 0) is 24.3 Å². The third kappa shape index (κ3) is 4.83. The number of aromatic nitrogens is 2. The standard InChI is InChI=1S/C12H12ClN3O4S/c1-21(18,19)16-10(17)6-7-11-14-15-12(20-11)8-2-4-9(13)5-3-8/h2-5H,6-7H2,1H3,(H,16,17). The summed E-state index contributed by atoms with van der Waals surface area (Å²) in [5, 5.41) is 8.26. The zero-order valence-electron chi connectivity index (χ0n) is 11.0. The van der Waals surface area contributed by atoms with Gasteiger partial charge in [0.15, 0.2) is 0 Å². The molecule has 0 aliphatic carbocycles. The highest BCUT2D eigenvalue weighted by atomic mass is 35.5. The number of halogens is 1. The number of hydrogen-bond donors (Lipinski definition) is 1. The summed E-state index contributed by atoms with van der Waals surface area (Å²) in [7, 11) is -3.55. The Morgan fingerprint density at radius 1 is 1.29 bits per heavy atom. The first-order valence-corrected chi connectivity index (χ1v) is 8.19. The van der Waals surface area contributed by atoms with Crippen molar-refractivity contribution in [1.82, 2.24) is 14.9 Å². The molecule has 1 amide bonds. The summed E-state index contributed by atoms with van der Waals surface area (Å²) in [6.45, 7) is 0. The summed E-state index contributed by atoms with van der Waals surface area (Å²) < 4.78 is 29.0. The Kier molecular flexibility index (Phi) is 4.59. The predicted molar refractivity (Wildman–Crippen MR) is 76.1 cm³/mol. The highest BCUT2D eigenvalue weighted by molar-refractivity contribution is 7.89. The fourth-order valence-corrected chi connectivity index (χ4v) is 2.18. The molecule has 0 radical (unpaired) electrons. The Morgan fingerprint density at radius 3 is 2.57 bits per heavy atom. The molecule has 0 aliphatic rings. The molecule has 1 aromatic carbocycles. The van der Waals surface area contributed by atoms with Crippen LogP contribution in [0.15, 0.2) is 28.7 Å². The van der Waals surface area contributed by atoms with Crippen molar-refractivity contribution in [2.45, 2.75) is 12.8 Å². The van der Waals surface area contributed by atoms with Crippen LogP contribution in [-0.4, -0.2) is 30.8 Å². The predicted octanol–water partition coefficient (Wildman–Crippen LogP) is 1.40. The Labute approximate surface area is 126 Å². The van der Waals surface area contributed by atoms with Gasteiger partial charge in [-0.25, -0.2) is 8.42 Å². The van der Waals surface area contributed by atoms with Crippen molar-refractivity contribution in [1.29, 1.82) is 0 Å². The second-order valence-corrected chi connectivity index (χ2v) is 6.49. The lowest BCUT2D eigenvalue weighted by atomic mass is 10.2. The number of hydrogen-bond acceptors (Lipinski definition) is 6. The summed E-state index contributed by atoms with van der Waals surface area (Å²) in [5.74, 6) is -0.0578. The summed E-state index contributed by atoms with van der Waals surface area (Å²) in [4.78, 5) is 11.4. The van der Waals surface area contributed by atoms with E-state index in [2.05, 4.69) is 10.2 Å². The van der Waals surface area contributed by atoms with Gasteiger partial charge in [-0.2, -0.15) is 0 Å². The van der Waals surface area contributed by atoms with Crippen molar-refractivity contribution in [3.63, 3.8) is 0 Å². The maximum Gasteiger partial charge on any atom is 0.247 e. The summed E-state index contributed by atoms with van der Waals surface area (Å²) in [6.07, 6.45) is 1.01. The fraction of sp³-hybridized carbons (Fsp3) is 0.250. The molecule has 0 saturated carbocycles. The largest absolute Gasteiger partial charge is 0.421 e. The van der Waals surface area contributed by atoms with Gasteiger partial charge < -0.3 is 4.42 Å². The molecular formula is C12H12ClN3O4S. The monoisotopic (exact) mass is 329 g/mol. The van der Waals surface area contributed by atoms with E-state index in [9.17, 15) is 13.2 Å². The summed E-state index contributed by atoms with van der Waals surface area (Å²) >= 11 is 5.78. The average molecular weight is 330 g/mol. The SMILES string of the molecule is CS(=O)(=O)NC(=O)CCc1nnc(-c2ccc(Cl)cc2)o1. The lowest BCUT2D eigenvalue weighted by Crippen LogP contribution is -2.29. The minimum absolute atomic E-state index is 0.0602. The van der Waals surface area contributed by atoms with Crippen molar-refractivity contribution in [2.24, 2.45) is 0 Å². The quantitative estimate of drug-likeness (QED) is 0.889. The van der Waals surface area contributed by atoms with Crippen LogP contribution >= 0.6 is 11.6 Å². The van der Waals surface area contributed by atoms with Crippen LogP contribution < -0.4 is 4.72 Å². The third-order valence-electron chi connectivity index (χ3n) is 2.42. The first kappa shape index (κ1) is 15.5. The van der Waals surface area contributed by atoms with Crippen LogP contribution in [0.2, 0.25) is 5.02 Å². The van der Waals surface area contributed by atoms with E-state index in [0.717, 1.165) is 6.26 Å². The van der Waals surface area contributed by atoms with Crippen LogP contribution in [0.1, 0.15) is 12.3 Å². The molecule has 0 unspecified atom stereocenters. The number of carbonyl (C=O) groups is 1. The van der Waals surface area contributed by atoms with E-state index in [0.29, 0.717) is 16.5 Å². The van der Waals surface area contributed by atoms with E-state index in [1.807, 2.05) is 4.72 Å². The minimum Gasteiger partial charge on any atom is -0.421 e. The summed E-state index contributed by atoms with van der Waals surface area (Å²) in [6, 6.07) is 6.85. The van der Waals surface area contributed by atoms with Crippen LogP contribution in [0.25, 0.3) is 11.5 Å². The van der Waals surface area contributed by atoms with Crippen LogP contribution in [0, 0.1) is 0 Å². The lowest BCUT2D eigenvalue weighted by Gasteiger charge is -2.00. The van der Waals surface area contributed by atoms with E-state index in [1.165, 1.54) is 0 Å². The van der Waals surface area contributed by atoms with Crippen molar-refractivity contribution in [3.05, 3.63) is 35.2 Å². The Hall–Kier alpha value is -1.93. The normalized spacial score (nSPS) is 11.3. The van der Waals surface area contributed by atoms with Crippen molar-refractivity contribution >= 4 is 27.5 Å². The minimum atomic E-state index is -3.55. The second kappa shape index (κ2) is 6.23. The van der Waals surface area contributed by atoms with E-state index >= 15 is 0 Å². The van der Waals surface area contributed by atoms with E-state index in [-0.39, 0.29) is 18.7 Å². The van der Waals surface area contributed by atoms with Crippen LogP contribution in [-0.2, 0) is 21.2 Å². The molecule has 7 nitrogen and oxygen atoms in total. The molecule has 112 valence electrons. The molecule has 0 bridgehead atoms. The second-order valence-electron chi connectivity index (χ2n) is 4.31. The van der Waals surface area contributed by atoms with Gasteiger partial charge in [0.25, 0.3) is 0 Å². The smallest absolute Gasteiger partial charge is 0.247 e. The molecule has 1 N–H and O–H groups in total. The molecule has 2 aromatic rings. The van der Waals surface area contributed by atoms with Crippen LogP contribution in [0.3, 0.4) is 0 Å². The van der Waals surface area contributed by atoms with Crippen molar-refractivity contribution in [2.75, 3.05) is 6.26 Å². The number of rotatable bonds is 5. The van der Waals surface area contributed by atoms with Gasteiger partial charge >= 0.3 is 0 Å². The van der Waals surface area contributed by atoms with Crippen molar-refractivity contribution < 1.29 is 17.6 Å². The zero-order chi connectivity index (χ0) is 15.5. The van der Waals surface area contributed by atoms with Gasteiger partial charge in [-0.3, -0.25) is 9.52 Å². The van der Waals surface area contributed by atoms with Gasteiger partial charge in [0.1, 0.15) is 0 Å². The molecule has 0 fully saturated rings. The molecule has 1 aromatic heterocycles. The van der Waals surface area contributed by atoms with Gasteiger partial charge in [0.05, 0.1) is 6.26 Å². The molecule has 0 saturated heterocycles. The van der Waals surface area contributed by atoms with Crippen LogP contribution in [0.4, 0.5) is 0 Å². The Bertz CT molecular complexity index is 740. The fourth-order valence-electron chi connectivity index (χ4n) is 1.54. The van der Waals surface area contributed by atoms with E-state index < -0.39 is 15.9 Å². The van der Waals surface area contributed by atoms with E-state index in [4.69, 9.17) is 16.0 Å². The molecule has 21 heavy (non-hydrogen) atoms. The molecule has 0 spiro atoms. The third-order valence-corrected chi connectivity index (χ3v) is 3.27. The number of nitrogens with one attached hydrogen (secondary N) is 1.